The van der Waals surface area contributed by atoms with E-state index in [1.807, 2.05) is 36.1 Å². The minimum atomic E-state index is -3.53. The highest BCUT2D eigenvalue weighted by Gasteiger charge is 2.47. The molecule has 2 aromatic carbocycles. The number of piperidine rings is 1. The number of carbonyl (C=O) groups is 1. The maximum absolute atomic E-state index is 12.6. The fourth-order valence-electron chi connectivity index (χ4n) is 4.21. The molecule has 148 valence electrons. The normalized spacial score (nSPS) is 23.8. The van der Waals surface area contributed by atoms with E-state index in [4.69, 9.17) is 4.74 Å². The number of amides is 1. The number of nitrogens with zero attached hydrogens (tertiary/aromatic N) is 1. The van der Waals surface area contributed by atoms with Gasteiger partial charge in [-0.15, -0.1) is 0 Å². The molecule has 2 aliphatic rings. The molecule has 1 saturated heterocycles. The molecule has 0 aromatic heterocycles. The lowest BCUT2D eigenvalue weighted by Crippen LogP contribution is -2.48. The summed E-state index contributed by atoms with van der Waals surface area (Å²) < 4.78 is 33.6. The van der Waals surface area contributed by atoms with Crippen molar-refractivity contribution in [3.63, 3.8) is 0 Å². The number of carbonyl (C=O) groups excluding carboxylic acids is 1. The molecule has 2 fully saturated rings. The molecule has 0 spiro atoms. The zero-order chi connectivity index (χ0) is 19.7. The van der Waals surface area contributed by atoms with Gasteiger partial charge >= 0.3 is 0 Å². The van der Waals surface area contributed by atoms with Crippen LogP contribution in [0.4, 0.5) is 0 Å². The van der Waals surface area contributed by atoms with Gasteiger partial charge in [0.1, 0.15) is 5.75 Å². The number of fused-ring (bicyclic) bond motifs is 2. The Bertz CT molecular complexity index is 961. The van der Waals surface area contributed by atoms with Crippen LogP contribution in [-0.4, -0.2) is 44.5 Å². The average Bonchev–Trinajstić information content (AvgIpc) is 3.28. The Morgan fingerprint density at radius 3 is 2.50 bits per heavy atom. The van der Waals surface area contributed by atoms with E-state index in [0.717, 1.165) is 12.0 Å². The number of nitrogens with one attached hydrogen (secondary N) is 1. The highest BCUT2D eigenvalue weighted by atomic mass is 32.2. The lowest BCUT2D eigenvalue weighted by molar-refractivity contribution is -0.135. The van der Waals surface area contributed by atoms with Crippen molar-refractivity contribution in [2.45, 2.75) is 36.7 Å². The number of rotatable bonds is 6. The van der Waals surface area contributed by atoms with Crippen LogP contribution in [0.5, 0.6) is 5.75 Å². The van der Waals surface area contributed by atoms with Gasteiger partial charge in [-0.1, -0.05) is 36.4 Å². The minimum Gasteiger partial charge on any atom is -0.484 e. The molecule has 0 radical (unpaired) electrons. The van der Waals surface area contributed by atoms with Crippen molar-refractivity contribution in [3.05, 3.63) is 60.2 Å². The van der Waals surface area contributed by atoms with Gasteiger partial charge in [0.05, 0.1) is 4.90 Å². The summed E-state index contributed by atoms with van der Waals surface area (Å²) in [7, 11) is -3.53. The summed E-state index contributed by atoms with van der Waals surface area (Å²) in [5.74, 6) is 0.819. The summed E-state index contributed by atoms with van der Waals surface area (Å²) in [5, 5.41) is 0. The van der Waals surface area contributed by atoms with Gasteiger partial charge in [0.25, 0.3) is 5.91 Å². The molecule has 1 saturated carbocycles. The molecule has 2 bridgehead atoms. The monoisotopic (exact) mass is 400 g/mol. The number of hydrogen-bond acceptors (Lipinski definition) is 4. The SMILES string of the molecule is Cc1ccccc1OCC(=O)N1CC2CC1CC2NS(=O)(=O)c1ccccc1. The van der Waals surface area contributed by atoms with Crippen LogP contribution in [-0.2, 0) is 14.8 Å². The Morgan fingerprint density at radius 1 is 1.11 bits per heavy atom. The second kappa shape index (κ2) is 7.56. The number of sulfonamides is 1. The predicted molar refractivity (Wildman–Crippen MR) is 105 cm³/mol. The summed E-state index contributed by atoms with van der Waals surface area (Å²) in [5.41, 5.74) is 0.994. The average molecular weight is 401 g/mol. The first-order chi connectivity index (χ1) is 13.4. The van der Waals surface area contributed by atoms with Crippen molar-refractivity contribution in [1.29, 1.82) is 0 Å². The summed E-state index contributed by atoms with van der Waals surface area (Å²) in [6, 6.07) is 16.0. The van der Waals surface area contributed by atoms with Gasteiger partial charge < -0.3 is 9.64 Å². The summed E-state index contributed by atoms with van der Waals surface area (Å²) in [4.78, 5) is 14.7. The van der Waals surface area contributed by atoms with Crippen molar-refractivity contribution < 1.29 is 17.9 Å². The first kappa shape index (κ1) is 19.0. The highest BCUT2D eigenvalue weighted by molar-refractivity contribution is 7.89. The molecule has 3 unspecified atom stereocenters. The first-order valence-electron chi connectivity index (χ1n) is 9.49. The molecular formula is C21H24N2O4S. The van der Waals surface area contributed by atoms with Crippen molar-refractivity contribution in [2.75, 3.05) is 13.2 Å². The Hall–Kier alpha value is -2.38. The summed E-state index contributed by atoms with van der Waals surface area (Å²) in [6.07, 6.45) is 1.48. The Balaban J connectivity index is 1.34. The van der Waals surface area contributed by atoms with E-state index in [-0.39, 0.29) is 35.4 Å². The van der Waals surface area contributed by atoms with Crippen LogP contribution < -0.4 is 9.46 Å². The quantitative estimate of drug-likeness (QED) is 0.808. The molecule has 2 aromatic rings. The van der Waals surface area contributed by atoms with Crippen LogP contribution in [0.15, 0.2) is 59.5 Å². The summed E-state index contributed by atoms with van der Waals surface area (Å²) >= 11 is 0. The van der Waals surface area contributed by atoms with Gasteiger partial charge in [-0.05, 0) is 49.4 Å². The van der Waals surface area contributed by atoms with E-state index >= 15 is 0 Å². The zero-order valence-electron chi connectivity index (χ0n) is 15.7. The van der Waals surface area contributed by atoms with Crippen LogP contribution in [0.25, 0.3) is 0 Å². The van der Waals surface area contributed by atoms with E-state index in [1.165, 1.54) is 0 Å². The van der Waals surface area contributed by atoms with Crippen molar-refractivity contribution in [3.8, 4) is 5.75 Å². The van der Waals surface area contributed by atoms with Crippen LogP contribution in [0.1, 0.15) is 18.4 Å². The van der Waals surface area contributed by atoms with Gasteiger partial charge in [0.2, 0.25) is 10.0 Å². The van der Waals surface area contributed by atoms with Crippen LogP contribution in [0.2, 0.25) is 0 Å². The molecule has 1 heterocycles. The second-order valence-corrected chi connectivity index (χ2v) is 9.24. The minimum absolute atomic E-state index is 0.00842. The number of aryl methyl sites for hydroxylation is 1. The predicted octanol–water partition coefficient (Wildman–Crippen LogP) is 2.34. The number of benzene rings is 2. The number of ether oxygens (including phenoxy) is 1. The van der Waals surface area contributed by atoms with Crippen LogP contribution >= 0.6 is 0 Å². The van der Waals surface area contributed by atoms with E-state index in [1.54, 1.807) is 30.3 Å². The molecular weight excluding hydrogens is 376 g/mol. The molecule has 1 amide bonds. The molecule has 7 heteroatoms. The topological polar surface area (TPSA) is 75.7 Å². The van der Waals surface area contributed by atoms with Crippen molar-refractivity contribution in [2.24, 2.45) is 5.92 Å². The van der Waals surface area contributed by atoms with Crippen LogP contribution in [0.3, 0.4) is 0 Å². The largest absolute Gasteiger partial charge is 0.484 e. The summed E-state index contributed by atoms with van der Waals surface area (Å²) in [6.45, 7) is 2.53. The number of hydrogen-bond donors (Lipinski definition) is 1. The third-order valence-corrected chi connectivity index (χ3v) is 7.17. The molecule has 28 heavy (non-hydrogen) atoms. The molecule has 1 aliphatic heterocycles. The zero-order valence-corrected chi connectivity index (χ0v) is 16.6. The van der Waals surface area contributed by atoms with Gasteiger partial charge in [-0.3, -0.25) is 4.79 Å². The standard InChI is InChI=1S/C21H24N2O4S/c1-15-7-5-6-10-20(15)27-14-21(24)23-13-16-11-17(23)12-19(16)22-28(25,26)18-8-3-2-4-9-18/h2-10,16-17,19,22H,11-14H2,1H3. The molecule has 1 N–H and O–H groups in total. The highest BCUT2D eigenvalue weighted by Crippen LogP contribution is 2.38. The molecule has 4 rings (SSSR count). The second-order valence-electron chi connectivity index (χ2n) is 7.53. The van der Waals surface area contributed by atoms with Gasteiger partial charge in [0.15, 0.2) is 6.61 Å². The van der Waals surface area contributed by atoms with Crippen molar-refractivity contribution in [1.82, 2.24) is 9.62 Å². The fourth-order valence-corrected chi connectivity index (χ4v) is 5.55. The molecule has 1 aliphatic carbocycles. The molecule has 6 nitrogen and oxygen atoms in total. The Kier molecular flexibility index (Phi) is 5.12. The van der Waals surface area contributed by atoms with Crippen molar-refractivity contribution >= 4 is 15.9 Å². The number of likely N-dealkylation sites (tertiary alicyclic amines) is 1. The Morgan fingerprint density at radius 2 is 1.82 bits per heavy atom. The van der Waals surface area contributed by atoms with E-state index < -0.39 is 10.0 Å². The van der Waals surface area contributed by atoms with E-state index in [2.05, 4.69) is 4.72 Å². The fraction of sp³-hybridized carbons (Fsp3) is 0.381. The smallest absolute Gasteiger partial charge is 0.260 e. The lowest BCUT2D eigenvalue weighted by Gasteiger charge is -2.31. The van der Waals surface area contributed by atoms with Crippen LogP contribution in [0, 0.1) is 12.8 Å². The third kappa shape index (κ3) is 3.77. The third-order valence-electron chi connectivity index (χ3n) is 5.67. The maximum atomic E-state index is 12.6. The number of para-hydroxylation sites is 1. The van der Waals surface area contributed by atoms with E-state index in [9.17, 15) is 13.2 Å². The molecule has 3 atom stereocenters. The van der Waals surface area contributed by atoms with Gasteiger partial charge in [-0.25, -0.2) is 13.1 Å². The lowest BCUT2D eigenvalue weighted by atomic mass is 10.0. The van der Waals surface area contributed by atoms with E-state index in [0.29, 0.717) is 18.7 Å². The van der Waals surface area contributed by atoms with Gasteiger partial charge in [-0.2, -0.15) is 0 Å². The maximum Gasteiger partial charge on any atom is 0.260 e. The van der Waals surface area contributed by atoms with Gasteiger partial charge in [0, 0.05) is 18.6 Å². The Labute approximate surface area is 165 Å². The first-order valence-corrected chi connectivity index (χ1v) is 11.0.